The maximum atomic E-state index is 5.73. The topological polar surface area (TPSA) is 9.23 Å². The second kappa shape index (κ2) is 3.53. The average Bonchev–Trinajstić information content (AvgIpc) is 1.65. The van der Waals surface area contributed by atoms with Crippen molar-refractivity contribution in [3.05, 3.63) is 5.54 Å². The smallest absolute Gasteiger partial charge is 0.178 e. The Hall–Kier alpha value is 0.394. The van der Waals surface area contributed by atoms with E-state index in [0.717, 1.165) is 0 Å². The van der Waals surface area contributed by atoms with Gasteiger partial charge in [0.05, 0.1) is 0 Å². The van der Waals surface area contributed by atoms with Gasteiger partial charge in [-0.3, -0.25) is 0 Å². The van der Waals surface area contributed by atoms with E-state index in [1.54, 1.807) is 0 Å². The fourth-order valence-corrected chi connectivity index (χ4v) is 4.55. The van der Waals surface area contributed by atoms with Gasteiger partial charge in [0.2, 0.25) is 0 Å². The van der Waals surface area contributed by atoms with Crippen molar-refractivity contribution in [1.82, 2.24) is 0 Å². The van der Waals surface area contributed by atoms with E-state index >= 15 is 0 Å². The summed E-state index contributed by atoms with van der Waals surface area (Å²) in [5.74, 6) is 0. The van der Waals surface area contributed by atoms with Crippen LogP contribution >= 0.6 is 0 Å². The summed E-state index contributed by atoms with van der Waals surface area (Å²) in [6.45, 7) is 11.1. The van der Waals surface area contributed by atoms with Gasteiger partial charge < -0.3 is 4.12 Å². The van der Waals surface area contributed by atoms with Gasteiger partial charge in [0.15, 0.2) is 8.32 Å². The molecule has 0 spiro atoms. The predicted octanol–water partition coefficient (Wildman–Crippen LogP) is 1.49. The molecule has 55 valence electrons. The molecule has 0 aromatic carbocycles. The third-order valence-corrected chi connectivity index (χ3v) is 8.16. The maximum absolute atomic E-state index is 5.73. The number of hydrogen-bond donors (Lipinski definition) is 0. The van der Waals surface area contributed by atoms with Crippen molar-refractivity contribution in [2.24, 2.45) is 0 Å². The lowest BCUT2D eigenvalue weighted by molar-refractivity contribution is 0.593. The highest BCUT2D eigenvalue weighted by Gasteiger charge is 2.25. The Bertz CT molecular complexity index is 81.1. The van der Waals surface area contributed by atoms with Gasteiger partial charge >= 0.3 is 0 Å². The van der Waals surface area contributed by atoms with Gasteiger partial charge in [-0.2, -0.15) is 0 Å². The number of hydrogen-bond acceptors (Lipinski definition) is 1. The summed E-state index contributed by atoms with van der Waals surface area (Å²) in [5.41, 5.74) is 1.50. The van der Waals surface area contributed by atoms with Gasteiger partial charge in [0.1, 0.15) is 9.76 Å². The number of rotatable bonds is 3. The van der Waals surface area contributed by atoms with Crippen molar-refractivity contribution < 1.29 is 4.12 Å². The lowest BCUT2D eigenvalue weighted by atomic mass is 10.6. The molecule has 0 aromatic heterocycles. The molecule has 0 saturated carbocycles. The zero-order valence-electron chi connectivity index (χ0n) is 7.12. The molecule has 0 aliphatic heterocycles. The van der Waals surface area contributed by atoms with E-state index in [4.69, 9.17) is 4.12 Å². The standard InChI is InChI=1S/C6H17OSi2/c1-6(2)9(4,5)7-8-3/h8H2,1-5H3. The fraction of sp³-hybridized carbons (Fsp3) is 0.833. The second-order valence-electron chi connectivity index (χ2n) is 2.94. The minimum atomic E-state index is -1.30. The van der Waals surface area contributed by atoms with Gasteiger partial charge in [-0.25, -0.2) is 0 Å². The summed E-state index contributed by atoms with van der Waals surface area (Å²) in [4.78, 5) is 0. The van der Waals surface area contributed by atoms with Crippen molar-refractivity contribution in [3.63, 3.8) is 0 Å². The minimum Gasteiger partial charge on any atom is -0.460 e. The van der Waals surface area contributed by atoms with Crippen LogP contribution in [0.4, 0.5) is 0 Å². The van der Waals surface area contributed by atoms with Crippen LogP contribution in [0.3, 0.4) is 0 Å². The highest BCUT2D eigenvalue weighted by molar-refractivity contribution is 6.79. The van der Waals surface area contributed by atoms with Crippen molar-refractivity contribution >= 4 is 18.1 Å². The Morgan fingerprint density at radius 2 is 1.78 bits per heavy atom. The van der Waals surface area contributed by atoms with E-state index in [2.05, 4.69) is 33.5 Å². The first kappa shape index (κ1) is 9.39. The zero-order valence-corrected chi connectivity index (χ0v) is 9.53. The summed E-state index contributed by atoms with van der Waals surface area (Å²) >= 11 is 0. The SMILES string of the molecule is C[SiH2]O[Si](C)(C)[C](C)C. The predicted molar refractivity (Wildman–Crippen MR) is 47.6 cm³/mol. The first-order valence-electron chi connectivity index (χ1n) is 3.45. The average molecular weight is 161 g/mol. The zero-order chi connectivity index (χ0) is 7.49. The highest BCUT2D eigenvalue weighted by Crippen LogP contribution is 2.16. The molecule has 1 radical (unpaired) electrons. The fourth-order valence-electron chi connectivity index (χ4n) is 0.505. The van der Waals surface area contributed by atoms with E-state index in [0.29, 0.717) is 0 Å². The molecule has 0 atom stereocenters. The van der Waals surface area contributed by atoms with Crippen LogP contribution in [0.2, 0.25) is 19.6 Å². The minimum absolute atomic E-state index is 0.192. The summed E-state index contributed by atoms with van der Waals surface area (Å²) in [6.07, 6.45) is 0. The molecule has 0 aromatic rings. The molecule has 0 N–H and O–H groups in total. The van der Waals surface area contributed by atoms with Crippen LogP contribution in [0.5, 0.6) is 0 Å². The molecule has 0 aliphatic carbocycles. The molecule has 1 nitrogen and oxygen atoms in total. The van der Waals surface area contributed by atoms with Crippen LogP contribution in [-0.4, -0.2) is 18.1 Å². The highest BCUT2D eigenvalue weighted by atomic mass is 28.4. The van der Waals surface area contributed by atoms with Gasteiger partial charge in [-0.1, -0.05) is 20.4 Å². The van der Waals surface area contributed by atoms with Crippen LogP contribution in [0.15, 0.2) is 0 Å². The Morgan fingerprint density at radius 1 is 1.33 bits per heavy atom. The molecule has 9 heavy (non-hydrogen) atoms. The van der Waals surface area contributed by atoms with E-state index in [-0.39, 0.29) is 9.76 Å². The molecule has 0 rings (SSSR count). The van der Waals surface area contributed by atoms with Crippen molar-refractivity contribution in [2.75, 3.05) is 0 Å². The molecule has 0 fully saturated rings. The molecular formula is C6H17OSi2. The molecule has 0 aliphatic rings. The van der Waals surface area contributed by atoms with Crippen LogP contribution in [-0.2, 0) is 4.12 Å². The summed E-state index contributed by atoms with van der Waals surface area (Å²) in [5, 5.41) is 0. The largest absolute Gasteiger partial charge is 0.460 e. The Balaban J connectivity index is 3.70. The first-order chi connectivity index (χ1) is 4.00. The third kappa shape index (κ3) is 3.18. The van der Waals surface area contributed by atoms with E-state index in [9.17, 15) is 0 Å². The lowest BCUT2D eigenvalue weighted by Gasteiger charge is -2.26. The molecule has 0 saturated heterocycles. The monoisotopic (exact) mass is 161 g/mol. The summed E-state index contributed by atoms with van der Waals surface area (Å²) in [6, 6.07) is 0. The van der Waals surface area contributed by atoms with Crippen LogP contribution < -0.4 is 0 Å². The van der Waals surface area contributed by atoms with E-state index in [1.807, 2.05) is 0 Å². The van der Waals surface area contributed by atoms with Crippen LogP contribution in [0, 0.1) is 5.54 Å². The Labute approximate surface area is 61.9 Å². The van der Waals surface area contributed by atoms with Gasteiger partial charge in [-0.05, 0) is 18.6 Å². The van der Waals surface area contributed by atoms with E-state index < -0.39 is 8.32 Å². The molecular weight excluding hydrogens is 144 g/mol. The van der Waals surface area contributed by atoms with Crippen molar-refractivity contribution in [1.29, 1.82) is 0 Å². The van der Waals surface area contributed by atoms with Gasteiger partial charge in [0, 0.05) is 0 Å². The molecule has 0 unspecified atom stereocenters. The second-order valence-corrected chi connectivity index (χ2v) is 8.70. The quantitative estimate of drug-likeness (QED) is 0.570. The molecule has 0 amide bonds. The van der Waals surface area contributed by atoms with Crippen LogP contribution in [0.1, 0.15) is 13.8 Å². The van der Waals surface area contributed by atoms with Crippen molar-refractivity contribution in [2.45, 2.75) is 33.5 Å². The van der Waals surface area contributed by atoms with Gasteiger partial charge in [-0.15, -0.1) is 0 Å². The van der Waals surface area contributed by atoms with Crippen molar-refractivity contribution in [3.8, 4) is 0 Å². The molecule has 0 heterocycles. The van der Waals surface area contributed by atoms with Gasteiger partial charge in [0.25, 0.3) is 0 Å². The molecule has 0 bridgehead atoms. The summed E-state index contributed by atoms with van der Waals surface area (Å²) in [7, 11) is -1.49. The Morgan fingerprint density at radius 3 is 1.89 bits per heavy atom. The maximum Gasteiger partial charge on any atom is 0.178 e. The Kier molecular flexibility index (Phi) is 3.69. The third-order valence-electron chi connectivity index (χ3n) is 1.71. The first-order valence-corrected chi connectivity index (χ1v) is 8.35. The lowest BCUT2D eigenvalue weighted by Crippen LogP contribution is -2.36. The normalized spacial score (nSPS) is 14.0. The summed E-state index contributed by atoms with van der Waals surface area (Å²) < 4.78 is 5.73. The molecule has 3 heteroatoms. The van der Waals surface area contributed by atoms with E-state index in [1.165, 1.54) is 5.54 Å². The van der Waals surface area contributed by atoms with Crippen LogP contribution in [0.25, 0.3) is 0 Å².